The van der Waals surface area contributed by atoms with Gasteiger partial charge in [-0.05, 0) is 37.5 Å². The molecule has 2 atom stereocenters. The van der Waals surface area contributed by atoms with Gasteiger partial charge >= 0.3 is 0 Å². The molecule has 27 heavy (non-hydrogen) atoms. The molecule has 0 radical (unpaired) electrons. The Balaban J connectivity index is 0.00000131. The first kappa shape index (κ1) is 22.8. The van der Waals surface area contributed by atoms with Crippen molar-refractivity contribution in [3.63, 3.8) is 0 Å². The van der Waals surface area contributed by atoms with E-state index < -0.39 is 0 Å². The molecule has 3 N–H and O–H groups in total. The molecule has 2 heterocycles. The van der Waals surface area contributed by atoms with Gasteiger partial charge in [0.1, 0.15) is 0 Å². The number of nitrogens with zero attached hydrogens (tertiary/aromatic N) is 2. The van der Waals surface area contributed by atoms with E-state index in [1.807, 2.05) is 0 Å². The number of carbonyl (C=O) groups excluding carboxylic acids is 1. The summed E-state index contributed by atoms with van der Waals surface area (Å²) in [7, 11) is 0. The second-order valence-electron chi connectivity index (χ2n) is 7.72. The third-order valence-corrected chi connectivity index (χ3v) is 6.86. The van der Waals surface area contributed by atoms with Gasteiger partial charge in [-0.25, -0.2) is 4.98 Å². The van der Waals surface area contributed by atoms with E-state index >= 15 is 0 Å². The first-order valence-electron chi connectivity index (χ1n) is 9.50. The standard InChI is InChI=1S/C18H28N4O2S.2ClH/c19-16-12-2-1-3-13(16)9-14(8-12)17(23)21-18-20-15(11-25-18)10-22-4-6-24-7-5-22;;/h11-14,16H,1-10,19H2,(H,20,21,23);2*1H. The SMILES string of the molecule is Cl.Cl.NC1C2CCCC1CC(C(=O)Nc1nc(CN3CCOCC3)cs1)C2. The van der Waals surface area contributed by atoms with Crippen molar-refractivity contribution in [3.05, 3.63) is 11.1 Å². The Morgan fingerprint density at radius 2 is 1.93 bits per heavy atom. The third kappa shape index (κ3) is 5.55. The second kappa shape index (κ2) is 10.4. The van der Waals surface area contributed by atoms with Crippen LogP contribution < -0.4 is 11.1 Å². The van der Waals surface area contributed by atoms with Gasteiger partial charge in [-0.15, -0.1) is 36.2 Å². The fourth-order valence-electron chi connectivity index (χ4n) is 4.64. The van der Waals surface area contributed by atoms with Crippen LogP contribution in [0.5, 0.6) is 0 Å². The summed E-state index contributed by atoms with van der Waals surface area (Å²) in [6.45, 7) is 4.31. The number of nitrogens with one attached hydrogen (secondary N) is 1. The van der Waals surface area contributed by atoms with Crippen LogP contribution in [0.25, 0.3) is 0 Å². The minimum absolute atomic E-state index is 0. The molecule has 2 saturated carbocycles. The number of morpholine rings is 1. The van der Waals surface area contributed by atoms with Crippen molar-refractivity contribution < 1.29 is 9.53 Å². The van der Waals surface area contributed by atoms with Gasteiger partial charge in [0.2, 0.25) is 5.91 Å². The van der Waals surface area contributed by atoms with Gasteiger partial charge in [0.05, 0.1) is 18.9 Å². The molecule has 1 aromatic heterocycles. The molecule has 154 valence electrons. The molecule has 3 fully saturated rings. The van der Waals surface area contributed by atoms with Crippen LogP contribution in [0.3, 0.4) is 0 Å². The van der Waals surface area contributed by atoms with Gasteiger partial charge in [0.25, 0.3) is 0 Å². The van der Waals surface area contributed by atoms with E-state index in [9.17, 15) is 4.79 Å². The average Bonchev–Trinajstić information content (AvgIpc) is 3.02. The van der Waals surface area contributed by atoms with Gasteiger partial charge < -0.3 is 15.8 Å². The smallest absolute Gasteiger partial charge is 0.229 e. The highest BCUT2D eigenvalue weighted by molar-refractivity contribution is 7.13. The van der Waals surface area contributed by atoms with Crippen molar-refractivity contribution in [3.8, 4) is 0 Å². The van der Waals surface area contributed by atoms with Crippen molar-refractivity contribution in [1.82, 2.24) is 9.88 Å². The Morgan fingerprint density at radius 1 is 1.26 bits per heavy atom. The minimum atomic E-state index is 0. The molecule has 2 unspecified atom stereocenters. The van der Waals surface area contributed by atoms with Crippen LogP contribution in [-0.2, 0) is 16.1 Å². The van der Waals surface area contributed by atoms with E-state index in [0.717, 1.165) is 56.5 Å². The number of fused-ring (bicyclic) bond motifs is 2. The predicted molar refractivity (Wildman–Crippen MR) is 113 cm³/mol. The number of aromatic nitrogens is 1. The van der Waals surface area contributed by atoms with E-state index in [4.69, 9.17) is 10.5 Å². The van der Waals surface area contributed by atoms with Crippen molar-refractivity contribution in [2.75, 3.05) is 31.6 Å². The molecule has 2 bridgehead atoms. The number of hydrogen-bond acceptors (Lipinski definition) is 6. The normalized spacial score (nSPS) is 30.7. The second-order valence-corrected chi connectivity index (χ2v) is 8.58. The van der Waals surface area contributed by atoms with Gasteiger partial charge in [0, 0.05) is 37.0 Å². The van der Waals surface area contributed by atoms with Crippen molar-refractivity contribution in [2.24, 2.45) is 23.5 Å². The van der Waals surface area contributed by atoms with E-state index in [2.05, 4.69) is 20.6 Å². The van der Waals surface area contributed by atoms with Gasteiger partial charge in [-0.2, -0.15) is 0 Å². The first-order valence-corrected chi connectivity index (χ1v) is 10.4. The number of carbonyl (C=O) groups is 1. The number of ether oxygens (including phenoxy) is 1. The summed E-state index contributed by atoms with van der Waals surface area (Å²) in [5.74, 6) is 1.28. The summed E-state index contributed by atoms with van der Waals surface area (Å²) >= 11 is 1.53. The zero-order chi connectivity index (χ0) is 17.2. The zero-order valence-corrected chi connectivity index (χ0v) is 17.9. The van der Waals surface area contributed by atoms with Crippen LogP contribution in [0, 0.1) is 17.8 Å². The minimum Gasteiger partial charge on any atom is -0.379 e. The lowest BCUT2D eigenvalue weighted by atomic mass is 9.65. The van der Waals surface area contributed by atoms with E-state index in [1.54, 1.807) is 0 Å². The molecule has 1 aliphatic heterocycles. The molecule has 6 nitrogen and oxygen atoms in total. The number of halogens is 2. The van der Waals surface area contributed by atoms with E-state index in [-0.39, 0.29) is 36.6 Å². The Morgan fingerprint density at radius 3 is 2.59 bits per heavy atom. The lowest BCUT2D eigenvalue weighted by Gasteiger charge is -2.43. The average molecular weight is 437 g/mol. The Hall–Kier alpha value is -0.440. The molecule has 1 amide bonds. The topological polar surface area (TPSA) is 80.5 Å². The zero-order valence-electron chi connectivity index (χ0n) is 15.5. The van der Waals surface area contributed by atoms with Crippen LogP contribution in [0.15, 0.2) is 5.38 Å². The maximum atomic E-state index is 12.7. The first-order chi connectivity index (χ1) is 12.2. The molecule has 0 aromatic carbocycles. The third-order valence-electron chi connectivity index (χ3n) is 6.06. The van der Waals surface area contributed by atoms with Crippen LogP contribution in [-0.4, -0.2) is 48.1 Å². The number of hydrogen-bond donors (Lipinski definition) is 2. The summed E-state index contributed by atoms with van der Waals surface area (Å²) in [6.07, 6.45) is 5.52. The summed E-state index contributed by atoms with van der Waals surface area (Å²) in [5.41, 5.74) is 7.37. The monoisotopic (exact) mass is 436 g/mol. The summed E-state index contributed by atoms with van der Waals surface area (Å²) < 4.78 is 5.38. The Bertz CT molecular complexity index is 598. The predicted octanol–water partition coefficient (Wildman–Crippen LogP) is 2.91. The highest BCUT2D eigenvalue weighted by Crippen LogP contribution is 2.42. The number of thiazole rings is 1. The number of rotatable bonds is 4. The van der Waals surface area contributed by atoms with Crippen molar-refractivity contribution in [1.29, 1.82) is 0 Å². The van der Waals surface area contributed by atoms with Crippen LogP contribution >= 0.6 is 36.2 Å². The van der Waals surface area contributed by atoms with Crippen molar-refractivity contribution in [2.45, 2.75) is 44.7 Å². The molecule has 4 rings (SSSR count). The molecular weight excluding hydrogens is 407 g/mol. The molecule has 0 spiro atoms. The number of amides is 1. The van der Waals surface area contributed by atoms with Crippen molar-refractivity contribution >= 4 is 47.2 Å². The molecule has 1 aromatic rings. The highest BCUT2D eigenvalue weighted by Gasteiger charge is 2.40. The Labute approximate surface area is 177 Å². The highest BCUT2D eigenvalue weighted by atomic mass is 35.5. The van der Waals surface area contributed by atoms with Gasteiger partial charge in [0.15, 0.2) is 5.13 Å². The maximum Gasteiger partial charge on any atom is 0.229 e. The van der Waals surface area contributed by atoms with Crippen LogP contribution in [0.4, 0.5) is 5.13 Å². The molecule has 1 saturated heterocycles. The molecule has 9 heteroatoms. The largest absolute Gasteiger partial charge is 0.379 e. The number of anilines is 1. The number of nitrogens with two attached hydrogens (primary N) is 1. The summed E-state index contributed by atoms with van der Waals surface area (Å²) in [6, 6.07) is 0.304. The Kier molecular flexibility index (Phi) is 8.77. The quantitative estimate of drug-likeness (QED) is 0.757. The van der Waals surface area contributed by atoms with E-state index in [0.29, 0.717) is 17.9 Å². The summed E-state index contributed by atoms with van der Waals surface area (Å²) in [4.78, 5) is 19.6. The molecule has 3 aliphatic rings. The lowest BCUT2D eigenvalue weighted by Crippen LogP contribution is -2.48. The fraction of sp³-hybridized carbons (Fsp3) is 0.778. The molecular formula is C18H30Cl2N4O2S. The molecule has 2 aliphatic carbocycles. The van der Waals surface area contributed by atoms with Crippen LogP contribution in [0.2, 0.25) is 0 Å². The van der Waals surface area contributed by atoms with Crippen LogP contribution in [0.1, 0.15) is 37.8 Å². The summed E-state index contributed by atoms with van der Waals surface area (Å²) in [5, 5.41) is 5.84. The van der Waals surface area contributed by atoms with Gasteiger partial charge in [-0.1, -0.05) is 6.42 Å². The van der Waals surface area contributed by atoms with E-state index in [1.165, 1.54) is 30.6 Å². The van der Waals surface area contributed by atoms with Gasteiger partial charge in [-0.3, -0.25) is 9.69 Å². The lowest BCUT2D eigenvalue weighted by molar-refractivity contribution is -0.122. The fourth-order valence-corrected chi connectivity index (χ4v) is 5.34. The maximum absolute atomic E-state index is 12.7.